The first-order valence-corrected chi connectivity index (χ1v) is 7.82. The lowest BCUT2D eigenvalue weighted by molar-refractivity contribution is -0.141. The molecule has 0 bridgehead atoms. The molecule has 2 atom stereocenters. The van der Waals surface area contributed by atoms with Crippen LogP contribution in [0, 0.1) is 12.8 Å². The molecule has 3 rings (SSSR count). The summed E-state index contributed by atoms with van der Waals surface area (Å²) in [6.45, 7) is 1.75. The van der Waals surface area contributed by atoms with Crippen molar-refractivity contribution in [3.05, 3.63) is 17.6 Å². The molecule has 0 radical (unpaired) electrons. The molecule has 2 aromatic rings. The van der Waals surface area contributed by atoms with Gasteiger partial charge in [-0.15, -0.1) is 0 Å². The Labute approximate surface area is 138 Å². The summed E-state index contributed by atoms with van der Waals surface area (Å²) in [6, 6.07) is 0. The van der Waals surface area contributed by atoms with E-state index in [0.717, 1.165) is 0 Å². The van der Waals surface area contributed by atoms with Crippen molar-refractivity contribution in [2.45, 2.75) is 38.7 Å². The molecule has 1 saturated carbocycles. The van der Waals surface area contributed by atoms with Crippen molar-refractivity contribution >= 4 is 5.97 Å². The number of carbonyl (C=O) groups is 1. The minimum absolute atomic E-state index is 0.0282. The third-order valence-electron chi connectivity index (χ3n) is 4.13. The predicted octanol–water partition coefficient (Wildman–Crippen LogP) is 0.737. The second-order valence-electron chi connectivity index (χ2n) is 5.83. The van der Waals surface area contributed by atoms with Crippen LogP contribution >= 0.6 is 0 Å². The fourth-order valence-electron chi connectivity index (χ4n) is 2.87. The molecule has 1 aliphatic carbocycles. The van der Waals surface area contributed by atoms with Crippen molar-refractivity contribution in [2.24, 2.45) is 5.92 Å². The highest BCUT2D eigenvalue weighted by molar-refractivity contribution is 5.70. The largest absolute Gasteiger partial charge is 0.481 e. The van der Waals surface area contributed by atoms with Gasteiger partial charge in [0.25, 0.3) is 0 Å². The SMILES string of the molecule is Cc1nc(-c2n[nH]nc2CCO)cnc1OC1CCC(C(=O)O)C1. The highest BCUT2D eigenvalue weighted by Crippen LogP contribution is 2.30. The van der Waals surface area contributed by atoms with E-state index < -0.39 is 5.97 Å². The number of aliphatic carboxylic acids is 1. The Morgan fingerprint density at radius 2 is 2.25 bits per heavy atom. The zero-order valence-corrected chi connectivity index (χ0v) is 13.3. The van der Waals surface area contributed by atoms with E-state index in [4.69, 9.17) is 14.9 Å². The number of nitrogens with zero attached hydrogens (tertiary/aromatic N) is 4. The number of rotatable bonds is 6. The Kier molecular flexibility index (Phi) is 4.70. The molecule has 0 aliphatic heterocycles. The molecule has 9 nitrogen and oxygen atoms in total. The van der Waals surface area contributed by atoms with Gasteiger partial charge in [-0.3, -0.25) is 4.79 Å². The molecule has 2 unspecified atom stereocenters. The molecule has 3 N–H and O–H groups in total. The average molecular weight is 333 g/mol. The summed E-state index contributed by atoms with van der Waals surface area (Å²) < 4.78 is 5.82. The Balaban J connectivity index is 1.73. The molecule has 2 heterocycles. The van der Waals surface area contributed by atoms with Gasteiger partial charge in [-0.05, 0) is 26.2 Å². The van der Waals surface area contributed by atoms with Crippen LogP contribution in [-0.2, 0) is 11.2 Å². The minimum Gasteiger partial charge on any atom is -0.481 e. The number of carboxylic acids is 1. The topological polar surface area (TPSA) is 134 Å². The standard InChI is InChI=1S/C15H19N5O4/c1-8-14(24-10-3-2-9(6-10)15(22)23)16-7-12(17-8)13-11(4-5-21)18-20-19-13/h7,9-10,21H,2-6H2,1H3,(H,22,23)(H,18,19,20). The van der Waals surface area contributed by atoms with E-state index in [1.54, 1.807) is 13.1 Å². The van der Waals surface area contributed by atoms with Crippen LogP contribution in [0.5, 0.6) is 5.88 Å². The number of nitrogens with one attached hydrogen (secondary N) is 1. The number of aliphatic hydroxyl groups is 1. The third-order valence-corrected chi connectivity index (χ3v) is 4.13. The molecule has 0 spiro atoms. The van der Waals surface area contributed by atoms with Gasteiger partial charge < -0.3 is 14.9 Å². The first-order valence-electron chi connectivity index (χ1n) is 7.82. The van der Waals surface area contributed by atoms with Gasteiger partial charge in [-0.1, -0.05) is 0 Å². The van der Waals surface area contributed by atoms with Gasteiger partial charge in [0.15, 0.2) is 0 Å². The molecular weight excluding hydrogens is 314 g/mol. The zero-order chi connectivity index (χ0) is 17.1. The van der Waals surface area contributed by atoms with Crippen LogP contribution in [-0.4, -0.2) is 54.3 Å². The number of aromatic nitrogens is 5. The number of aliphatic hydroxyl groups excluding tert-OH is 1. The molecule has 9 heteroatoms. The monoisotopic (exact) mass is 333 g/mol. The summed E-state index contributed by atoms with van der Waals surface area (Å²) in [5, 5.41) is 28.7. The smallest absolute Gasteiger partial charge is 0.306 e. The summed E-state index contributed by atoms with van der Waals surface area (Å²) in [4.78, 5) is 19.7. The second-order valence-corrected chi connectivity index (χ2v) is 5.83. The van der Waals surface area contributed by atoms with E-state index >= 15 is 0 Å². The van der Waals surface area contributed by atoms with E-state index in [1.165, 1.54) is 0 Å². The van der Waals surface area contributed by atoms with Crippen molar-refractivity contribution in [1.29, 1.82) is 0 Å². The Hall–Kier alpha value is -2.55. The summed E-state index contributed by atoms with van der Waals surface area (Å²) >= 11 is 0. The van der Waals surface area contributed by atoms with Crippen LogP contribution < -0.4 is 4.74 Å². The highest BCUT2D eigenvalue weighted by Gasteiger charge is 2.31. The van der Waals surface area contributed by atoms with Crippen molar-refractivity contribution in [2.75, 3.05) is 6.61 Å². The third kappa shape index (κ3) is 3.35. The van der Waals surface area contributed by atoms with Crippen molar-refractivity contribution in [1.82, 2.24) is 25.4 Å². The van der Waals surface area contributed by atoms with E-state index in [1.807, 2.05) is 0 Å². The van der Waals surface area contributed by atoms with Crippen LogP contribution in [0.2, 0.25) is 0 Å². The fourth-order valence-corrected chi connectivity index (χ4v) is 2.87. The number of carboxylic acid groups (broad SMARTS) is 1. The van der Waals surface area contributed by atoms with Gasteiger partial charge in [0.2, 0.25) is 5.88 Å². The summed E-state index contributed by atoms with van der Waals surface area (Å²) in [7, 11) is 0. The molecule has 1 fully saturated rings. The van der Waals surface area contributed by atoms with Gasteiger partial charge in [-0.2, -0.15) is 15.4 Å². The lowest BCUT2D eigenvalue weighted by Crippen LogP contribution is -2.17. The van der Waals surface area contributed by atoms with Gasteiger partial charge >= 0.3 is 5.97 Å². The summed E-state index contributed by atoms with van der Waals surface area (Å²) in [5.74, 6) is -0.720. The van der Waals surface area contributed by atoms with Gasteiger partial charge in [0.05, 0.1) is 17.8 Å². The number of aryl methyl sites for hydroxylation is 1. The number of aromatic amines is 1. The maximum absolute atomic E-state index is 11.0. The van der Waals surface area contributed by atoms with Crippen LogP contribution in [0.25, 0.3) is 11.4 Å². The number of hydrogen-bond donors (Lipinski definition) is 3. The van der Waals surface area contributed by atoms with Gasteiger partial charge in [-0.25, -0.2) is 9.97 Å². The number of H-pyrrole nitrogens is 1. The number of hydrogen-bond acceptors (Lipinski definition) is 7. The lowest BCUT2D eigenvalue weighted by atomic mass is 10.1. The van der Waals surface area contributed by atoms with Crippen LogP contribution in [0.1, 0.15) is 30.7 Å². The molecule has 24 heavy (non-hydrogen) atoms. The van der Waals surface area contributed by atoms with E-state index in [9.17, 15) is 4.79 Å². The maximum atomic E-state index is 11.0. The molecule has 0 saturated heterocycles. The molecule has 0 amide bonds. The Bertz CT molecular complexity index is 732. The van der Waals surface area contributed by atoms with Gasteiger partial charge in [0.1, 0.15) is 23.2 Å². The molecule has 1 aliphatic rings. The molecular formula is C15H19N5O4. The second kappa shape index (κ2) is 6.91. The van der Waals surface area contributed by atoms with Crippen molar-refractivity contribution in [3.8, 4) is 17.3 Å². The quantitative estimate of drug-likeness (QED) is 0.704. The van der Waals surface area contributed by atoms with E-state index in [2.05, 4.69) is 25.4 Å². The van der Waals surface area contributed by atoms with Crippen LogP contribution in [0.3, 0.4) is 0 Å². The normalized spacial score (nSPS) is 20.2. The van der Waals surface area contributed by atoms with Crippen LogP contribution in [0.15, 0.2) is 6.20 Å². The first kappa shape index (κ1) is 16.3. The summed E-state index contributed by atoms with van der Waals surface area (Å²) in [6.07, 6.45) is 3.58. The Morgan fingerprint density at radius 3 is 2.92 bits per heavy atom. The first-order chi connectivity index (χ1) is 11.6. The Morgan fingerprint density at radius 1 is 1.42 bits per heavy atom. The average Bonchev–Trinajstić information content (AvgIpc) is 3.19. The van der Waals surface area contributed by atoms with Crippen LogP contribution in [0.4, 0.5) is 0 Å². The lowest BCUT2D eigenvalue weighted by Gasteiger charge is -2.14. The predicted molar refractivity (Wildman–Crippen MR) is 82.3 cm³/mol. The number of ether oxygens (including phenoxy) is 1. The maximum Gasteiger partial charge on any atom is 0.306 e. The fraction of sp³-hybridized carbons (Fsp3) is 0.533. The van der Waals surface area contributed by atoms with Crippen molar-refractivity contribution in [3.63, 3.8) is 0 Å². The van der Waals surface area contributed by atoms with Crippen molar-refractivity contribution < 1.29 is 19.7 Å². The van der Waals surface area contributed by atoms with Gasteiger partial charge in [0, 0.05) is 13.0 Å². The molecule has 128 valence electrons. The van der Waals surface area contributed by atoms with E-state index in [0.29, 0.717) is 54.3 Å². The zero-order valence-electron chi connectivity index (χ0n) is 13.3. The highest BCUT2D eigenvalue weighted by atomic mass is 16.5. The minimum atomic E-state index is -0.776. The summed E-state index contributed by atoms with van der Waals surface area (Å²) in [5.41, 5.74) is 2.33. The van der Waals surface area contributed by atoms with E-state index in [-0.39, 0.29) is 18.6 Å². The molecule has 0 aromatic carbocycles. The molecule has 2 aromatic heterocycles.